The van der Waals surface area contributed by atoms with Gasteiger partial charge in [0.05, 0.1) is 11.6 Å². The average Bonchev–Trinajstić information content (AvgIpc) is 2.12. The SMILES string of the molecule is COCC(C)Sc1c(N)cccc1Cl. The number of thioether (sulfide) groups is 1. The van der Waals surface area contributed by atoms with E-state index in [9.17, 15) is 0 Å². The normalized spacial score (nSPS) is 12.8. The highest BCUT2D eigenvalue weighted by Gasteiger charge is 2.09. The molecule has 0 amide bonds. The molecule has 1 unspecified atom stereocenters. The Morgan fingerprint density at radius 1 is 1.57 bits per heavy atom. The second-order valence-corrected chi connectivity index (χ2v) is 4.90. The maximum atomic E-state index is 6.03. The van der Waals surface area contributed by atoms with Crippen LogP contribution in [0.15, 0.2) is 23.1 Å². The van der Waals surface area contributed by atoms with E-state index >= 15 is 0 Å². The predicted molar refractivity (Wildman–Crippen MR) is 63.1 cm³/mol. The summed E-state index contributed by atoms with van der Waals surface area (Å²) in [5.74, 6) is 0. The van der Waals surface area contributed by atoms with Crippen molar-refractivity contribution in [3.05, 3.63) is 23.2 Å². The molecule has 2 nitrogen and oxygen atoms in total. The molecule has 1 aromatic rings. The van der Waals surface area contributed by atoms with Crippen molar-refractivity contribution < 1.29 is 4.74 Å². The lowest BCUT2D eigenvalue weighted by Crippen LogP contribution is -2.05. The van der Waals surface area contributed by atoms with E-state index in [2.05, 4.69) is 6.92 Å². The Morgan fingerprint density at radius 2 is 2.29 bits per heavy atom. The number of hydrogen-bond donors (Lipinski definition) is 1. The van der Waals surface area contributed by atoms with Crippen LogP contribution in [0.25, 0.3) is 0 Å². The molecule has 0 aliphatic rings. The third-order valence-electron chi connectivity index (χ3n) is 1.72. The molecule has 2 N–H and O–H groups in total. The van der Waals surface area contributed by atoms with E-state index in [0.29, 0.717) is 16.9 Å². The minimum atomic E-state index is 0.349. The van der Waals surface area contributed by atoms with Gasteiger partial charge in [-0.3, -0.25) is 0 Å². The summed E-state index contributed by atoms with van der Waals surface area (Å²) in [6.45, 7) is 2.77. The lowest BCUT2D eigenvalue weighted by Gasteiger charge is -2.12. The molecule has 1 rings (SSSR count). The van der Waals surface area contributed by atoms with Crippen molar-refractivity contribution in [1.82, 2.24) is 0 Å². The van der Waals surface area contributed by atoms with Gasteiger partial charge in [0.2, 0.25) is 0 Å². The van der Waals surface area contributed by atoms with Gasteiger partial charge in [-0.2, -0.15) is 0 Å². The van der Waals surface area contributed by atoms with E-state index in [0.717, 1.165) is 10.6 Å². The van der Waals surface area contributed by atoms with Gasteiger partial charge in [0.25, 0.3) is 0 Å². The van der Waals surface area contributed by atoms with Crippen LogP contribution in [0.2, 0.25) is 5.02 Å². The third-order valence-corrected chi connectivity index (χ3v) is 3.37. The number of benzene rings is 1. The lowest BCUT2D eigenvalue weighted by atomic mass is 10.3. The highest BCUT2D eigenvalue weighted by Crippen LogP contribution is 2.34. The van der Waals surface area contributed by atoms with Crippen molar-refractivity contribution in [2.45, 2.75) is 17.1 Å². The van der Waals surface area contributed by atoms with E-state index in [1.165, 1.54) is 0 Å². The van der Waals surface area contributed by atoms with Gasteiger partial charge in [-0.25, -0.2) is 0 Å². The molecule has 14 heavy (non-hydrogen) atoms. The first-order valence-corrected chi connectivity index (χ1v) is 5.60. The van der Waals surface area contributed by atoms with Crippen molar-refractivity contribution in [2.24, 2.45) is 0 Å². The molecule has 0 saturated heterocycles. The maximum Gasteiger partial charge on any atom is 0.0582 e. The Kier molecular flexibility index (Phi) is 4.58. The highest BCUT2D eigenvalue weighted by atomic mass is 35.5. The van der Waals surface area contributed by atoms with Crippen molar-refractivity contribution >= 4 is 29.1 Å². The molecule has 4 heteroatoms. The molecule has 0 aliphatic carbocycles. The first-order valence-electron chi connectivity index (χ1n) is 4.34. The van der Waals surface area contributed by atoms with Crippen molar-refractivity contribution in [1.29, 1.82) is 0 Å². The van der Waals surface area contributed by atoms with Crippen molar-refractivity contribution in [3.63, 3.8) is 0 Å². The Morgan fingerprint density at radius 3 is 2.86 bits per heavy atom. The van der Waals surface area contributed by atoms with Gasteiger partial charge in [-0.05, 0) is 12.1 Å². The molecular formula is C10H14ClNOS. The molecule has 1 atom stereocenters. The van der Waals surface area contributed by atoms with Gasteiger partial charge in [0.15, 0.2) is 0 Å². The predicted octanol–water partition coefficient (Wildman–Crippen LogP) is 3.05. The molecule has 0 aliphatic heterocycles. The number of methoxy groups -OCH3 is 1. The zero-order valence-electron chi connectivity index (χ0n) is 8.29. The van der Waals surface area contributed by atoms with E-state index in [1.807, 2.05) is 18.2 Å². The molecule has 0 fully saturated rings. The molecule has 1 aromatic carbocycles. The highest BCUT2D eigenvalue weighted by molar-refractivity contribution is 8.00. The van der Waals surface area contributed by atoms with Crippen molar-refractivity contribution in [2.75, 3.05) is 19.5 Å². The molecule has 0 saturated carbocycles. The Balaban J connectivity index is 2.75. The fourth-order valence-electron chi connectivity index (χ4n) is 1.12. The van der Waals surface area contributed by atoms with E-state index in [1.54, 1.807) is 18.9 Å². The standard InChI is InChI=1S/C10H14ClNOS/c1-7(6-13-2)14-10-8(11)4-3-5-9(10)12/h3-5,7H,6,12H2,1-2H3. The topological polar surface area (TPSA) is 35.2 Å². The third kappa shape index (κ3) is 3.08. The summed E-state index contributed by atoms with van der Waals surface area (Å²) in [6, 6.07) is 5.55. The summed E-state index contributed by atoms with van der Waals surface area (Å²) < 4.78 is 5.05. The molecule has 0 radical (unpaired) electrons. The average molecular weight is 232 g/mol. The van der Waals surface area contributed by atoms with Gasteiger partial charge in [-0.15, -0.1) is 11.8 Å². The molecule has 0 spiro atoms. The summed E-state index contributed by atoms with van der Waals surface area (Å²) in [6.07, 6.45) is 0. The minimum Gasteiger partial charge on any atom is -0.398 e. The van der Waals surface area contributed by atoms with Gasteiger partial charge < -0.3 is 10.5 Å². The number of hydrogen-bond acceptors (Lipinski definition) is 3. The van der Waals surface area contributed by atoms with Crippen LogP contribution in [0.4, 0.5) is 5.69 Å². The number of halogens is 1. The van der Waals surface area contributed by atoms with Crippen molar-refractivity contribution in [3.8, 4) is 0 Å². The molecule has 78 valence electrons. The van der Waals surface area contributed by atoms with E-state index in [4.69, 9.17) is 22.1 Å². The maximum absolute atomic E-state index is 6.03. The fourth-order valence-corrected chi connectivity index (χ4v) is 2.43. The van der Waals surface area contributed by atoms with Gasteiger partial charge in [-0.1, -0.05) is 24.6 Å². The molecular weight excluding hydrogens is 218 g/mol. The minimum absolute atomic E-state index is 0.349. The van der Waals surface area contributed by atoms with E-state index in [-0.39, 0.29) is 0 Å². The fraction of sp³-hybridized carbons (Fsp3) is 0.400. The number of rotatable bonds is 4. The number of ether oxygens (including phenoxy) is 1. The summed E-state index contributed by atoms with van der Waals surface area (Å²) >= 11 is 7.67. The summed E-state index contributed by atoms with van der Waals surface area (Å²) in [7, 11) is 1.69. The summed E-state index contributed by atoms with van der Waals surface area (Å²) in [5.41, 5.74) is 6.55. The quantitative estimate of drug-likeness (QED) is 0.639. The monoisotopic (exact) mass is 231 g/mol. The smallest absolute Gasteiger partial charge is 0.0582 e. The number of nitrogens with two attached hydrogens (primary N) is 1. The summed E-state index contributed by atoms with van der Waals surface area (Å²) in [4.78, 5) is 0.943. The first kappa shape index (κ1) is 11.7. The largest absolute Gasteiger partial charge is 0.398 e. The lowest BCUT2D eigenvalue weighted by molar-refractivity contribution is 0.203. The molecule has 0 bridgehead atoms. The summed E-state index contributed by atoms with van der Waals surface area (Å²) in [5, 5.41) is 1.06. The van der Waals surface area contributed by atoms with Gasteiger partial charge >= 0.3 is 0 Å². The van der Waals surface area contributed by atoms with Crippen LogP contribution in [-0.2, 0) is 4.74 Å². The Bertz CT molecular complexity index is 286. The first-order chi connectivity index (χ1) is 6.65. The van der Waals surface area contributed by atoms with Crippen LogP contribution in [0.3, 0.4) is 0 Å². The Hall–Kier alpha value is -0.380. The van der Waals surface area contributed by atoms with Gasteiger partial charge in [0, 0.05) is 22.9 Å². The Labute approximate surface area is 93.8 Å². The van der Waals surface area contributed by atoms with Crippen LogP contribution < -0.4 is 5.73 Å². The van der Waals surface area contributed by atoms with E-state index < -0.39 is 0 Å². The zero-order chi connectivity index (χ0) is 10.6. The van der Waals surface area contributed by atoms with Crippen LogP contribution in [0.1, 0.15) is 6.92 Å². The van der Waals surface area contributed by atoms with Crippen LogP contribution in [-0.4, -0.2) is 19.0 Å². The second kappa shape index (κ2) is 5.49. The van der Waals surface area contributed by atoms with Crippen LogP contribution in [0.5, 0.6) is 0 Å². The molecule has 0 aromatic heterocycles. The zero-order valence-corrected chi connectivity index (χ0v) is 9.86. The molecule has 0 heterocycles. The number of nitrogen functional groups attached to an aromatic ring is 1. The van der Waals surface area contributed by atoms with Crippen LogP contribution >= 0.6 is 23.4 Å². The number of anilines is 1. The van der Waals surface area contributed by atoms with Crippen LogP contribution in [0, 0.1) is 0 Å². The second-order valence-electron chi connectivity index (χ2n) is 3.04. The van der Waals surface area contributed by atoms with Gasteiger partial charge in [0.1, 0.15) is 0 Å².